The molecule has 1 heterocycles. The van der Waals surface area contributed by atoms with Crippen LogP contribution in [0.2, 0.25) is 0 Å². The maximum Gasteiger partial charge on any atom is 0.238 e. The average molecular weight is 329 g/mol. The lowest BCUT2D eigenvalue weighted by Gasteiger charge is -2.24. The van der Waals surface area contributed by atoms with Crippen LogP contribution in [-0.4, -0.2) is 30.0 Å². The van der Waals surface area contributed by atoms with Gasteiger partial charge in [0.1, 0.15) is 0 Å². The maximum absolute atomic E-state index is 12.1. The predicted molar refractivity (Wildman–Crippen MR) is 79.8 cm³/mol. The van der Waals surface area contributed by atoms with E-state index in [1.807, 2.05) is 43.0 Å². The Balaban J connectivity index is 1.96. The van der Waals surface area contributed by atoms with E-state index < -0.39 is 0 Å². The number of thioether (sulfide) groups is 1. The summed E-state index contributed by atoms with van der Waals surface area (Å²) in [5.41, 5.74) is 1.11. The zero-order chi connectivity index (χ0) is 13.0. The van der Waals surface area contributed by atoms with Crippen molar-refractivity contribution in [1.82, 2.24) is 10.6 Å². The summed E-state index contributed by atoms with van der Waals surface area (Å²) in [5, 5.41) is 6.31. The van der Waals surface area contributed by atoms with Crippen LogP contribution >= 0.6 is 27.7 Å². The van der Waals surface area contributed by atoms with Gasteiger partial charge in [0.2, 0.25) is 5.91 Å². The monoisotopic (exact) mass is 328 g/mol. The minimum atomic E-state index is -0.0614. The third-order valence-electron chi connectivity index (χ3n) is 2.97. The SMILES string of the molecule is CC(NC(=O)C1CSCCN1)c1ccccc1Br. The molecule has 2 unspecified atom stereocenters. The highest BCUT2D eigenvalue weighted by Gasteiger charge is 2.22. The number of hydrogen-bond donors (Lipinski definition) is 2. The van der Waals surface area contributed by atoms with Gasteiger partial charge in [-0.25, -0.2) is 0 Å². The smallest absolute Gasteiger partial charge is 0.238 e. The first-order valence-electron chi connectivity index (χ1n) is 6.04. The van der Waals surface area contributed by atoms with Gasteiger partial charge in [-0.2, -0.15) is 11.8 Å². The van der Waals surface area contributed by atoms with E-state index in [2.05, 4.69) is 26.6 Å². The van der Waals surface area contributed by atoms with Crippen molar-refractivity contribution in [2.24, 2.45) is 0 Å². The summed E-state index contributed by atoms with van der Waals surface area (Å²) in [6.45, 7) is 2.92. The number of rotatable bonds is 3. The van der Waals surface area contributed by atoms with E-state index in [-0.39, 0.29) is 18.0 Å². The summed E-state index contributed by atoms with van der Waals surface area (Å²) in [6.07, 6.45) is 0. The van der Waals surface area contributed by atoms with E-state index in [0.717, 1.165) is 28.1 Å². The van der Waals surface area contributed by atoms with E-state index in [0.29, 0.717) is 0 Å². The van der Waals surface area contributed by atoms with E-state index in [4.69, 9.17) is 0 Å². The topological polar surface area (TPSA) is 41.1 Å². The molecule has 1 aliphatic rings. The summed E-state index contributed by atoms with van der Waals surface area (Å²) < 4.78 is 1.03. The molecule has 2 rings (SSSR count). The van der Waals surface area contributed by atoms with Crippen molar-refractivity contribution in [3.8, 4) is 0 Å². The van der Waals surface area contributed by atoms with Crippen molar-refractivity contribution in [3.63, 3.8) is 0 Å². The van der Waals surface area contributed by atoms with E-state index in [9.17, 15) is 4.79 Å². The molecule has 1 fully saturated rings. The van der Waals surface area contributed by atoms with Crippen molar-refractivity contribution in [2.45, 2.75) is 19.0 Å². The molecule has 0 bridgehead atoms. The van der Waals surface area contributed by atoms with Gasteiger partial charge in [0.25, 0.3) is 0 Å². The first-order valence-corrected chi connectivity index (χ1v) is 7.99. The summed E-state index contributed by atoms with van der Waals surface area (Å²) >= 11 is 5.34. The standard InChI is InChI=1S/C13H17BrN2OS/c1-9(10-4-2-3-5-11(10)14)16-13(17)12-8-18-7-6-15-12/h2-5,9,12,15H,6-8H2,1H3,(H,16,17). The van der Waals surface area contributed by atoms with Crippen LogP contribution in [-0.2, 0) is 4.79 Å². The fourth-order valence-electron chi connectivity index (χ4n) is 1.95. The highest BCUT2D eigenvalue weighted by molar-refractivity contribution is 9.10. The van der Waals surface area contributed by atoms with Crippen LogP contribution in [0.3, 0.4) is 0 Å². The normalized spacial score (nSPS) is 21.3. The van der Waals surface area contributed by atoms with Gasteiger partial charge < -0.3 is 10.6 Å². The van der Waals surface area contributed by atoms with Crippen LogP contribution in [0.5, 0.6) is 0 Å². The molecule has 2 N–H and O–H groups in total. The molecular weight excluding hydrogens is 312 g/mol. The van der Waals surface area contributed by atoms with Gasteiger partial charge in [0, 0.05) is 22.5 Å². The van der Waals surface area contributed by atoms with Gasteiger partial charge in [-0.1, -0.05) is 34.1 Å². The second-order valence-electron chi connectivity index (χ2n) is 4.33. The lowest BCUT2D eigenvalue weighted by atomic mass is 10.1. The fraction of sp³-hybridized carbons (Fsp3) is 0.462. The molecule has 1 aliphatic heterocycles. The molecule has 1 saturated heterocycles. The molecule has 0 radical (unpaired) electrons. The number of hydrogen-bond acceptors (Lipinski definition) is 3. The third kappa shape index (κ3) is 3.49. The minimum absolute atomic E-state index is 0.0156. The van der Waals surface area contributed by atoms with Crippen LogP contribution in [0.25, 0.3) is 0 Å². The molecule has 98 valence electrons. The summed E-state index contributed by atoms with van der Waals surface area (Å²) in [4.78, 5) is 12.1. The number of carbonyl (C=O) groups is 1. The molecule has 0 aliphatic carbocycles. The average Bonchev–Trinajstić information content (AvgIpc) is 2.40. The summed E-state index contributed by atoms with van der Waals surface area (Å²) in [6, 6.07) is 7.93. The number of carbonyl (C=O) groups excluding carboxylic acids is 1. The van der Waals surface area contributed by atoms with Crippen molar-refractivity contribution in [3.05, 3.63) is 34.3 Å². The zero-order valence-electron chi connectivity index (χ0n) is 10.3. The van der Waals surface area contributed by atoms with E-state index in [1.54, 1.807) is 0 Å². The van der Waals surface area contributed by atoms with Crippen molar-refractivity contribution >= 4 is 33.6 Å². The van der Waals surface area contributed by atoms with Gasteiger partial charge in [-0.05, 0) is 18.6 Å². The molecule has 0 saturated carbocycles. The number of nitrogens with one attached hydrogen (secondary N) is 2. The Labute approximate surface area is 120 Å². The van der Waals surface area contributed by atoms with Gasteiger partial charge in [0.15, 0.2) is 0 Å². The Bertz CT molecular complexity index is 421. The molecular formula is C13H17BrN2OS. The molecule has 3 nitrogen and oxygen atoms in total. The lowest BCUT2D eigenvalue weighted by molar-refractivity contribution is -0.123. The first kappa shape index (κ1) is 13.9. The Morgan fingerprint density at radius 3 is 3.00 bits per heavy atom. The van der Waals surface area contributed by atoms with Crippen molar-refractivity contribution < 1.29 is 4.79 Å². The highest BCUT2D eigenvalue weighted by atomic mass is 79.9. The maximum atomic E-state index is 12.1. The van der Waals surface area contributed by atoms with Gasteiger partial charge >= 0.3 is 0 Å². The Morgan fingerprint density at radius 1 is 1.56 bits per heavy atom. The van der Waals surface area contributed by atoms with E-state index >= 15 is 0 Å². The minimum Gasteiger partial charge on any atom is -0.348 e. The molecule has 1 amide bonds. The van der Waals surface area contributed by atoms with Crippen LogP contribution in [0.15, 0.2) is 28.7 Å². The van der Waals surface area contributed by atoms with Gasteiger partial charge in [-0.15, -0.1) is 0 Å². The second kappa shape index (κ2) is 6.59. The second-order valence-corrected chi connectivity index (χ2v) is 6.34. The Kier molecular flexibility index (Phi) is 5.09. The van der Waals surface area contributed by atoms with Crippen molar-refractivity contribution in [2.75, 3.05) is 18.1 Å². The zero-order valence-corrected chi connectivity index (χ0v) is 12.7. The van der Waals surface area contributed by atoms with Gasteiger partial charge in [0.05, 0.1) is 12.1 Å². The molecule has 1 aromatic carbocycles. The number of benzene rings is 1. The van der Waals surface area contributed by atoms with E-state index in [1.165, 1.54) is 0 Å². The summed E-state index contributed by atoms with van der Waals surface area (Å²) in [7, 11) is 0. The Hall–Kier alpha value is -0.520. The molecule has 0 aromatic heterocycles. The molecule has 1 aromatic rings. The lowest BCUT2D eigenvalue weighted by Crippen LogP contribution is -2.49. The van der Waals surface area contributed by atoms with Crippen LogP contribution in [0.1, 0.15) is 18.5 Å². The number of halogens is 1. The highest BCUT2D eigenvalue weighted by Crippen LogP contribution is 2.22. The van der Waals surface area contributed by atoms with Gasteiger partial charge in [-0.3, -0.25) is 4.79 Å². The van der Waals surface area contributed by atoms with Crippen LogP contribution < -0.4 is 10.6 Å². The summed E-state index contributed by atoms with van der Waals surface area (Å²) in [5.74, 6) is 2.03. The fourth-order valence-corrected chi connectivity index (χ4v) is 3.51. The number of amides is 1. The first-order chi connectivity index (χ1) is 8.68. The van der Waals surface area contributed by atoms with Crippen LogP contribution in [0, 0.1) is 0 Å². The van der Waals surface area contributed by atoms with Crippen LogP contribution in [0.4, 0.5) is 0 Å². The third-order valence-corrected chi connectivity index (χ3v) is 4.75. The molecule has 5 heteroatoms. The molecule has 0 spiro atoms. The van der Waals surface area contributed by atoms with Crippen molar-refractivity contribution in [1.29, 1.82) is 0 Å². The predicted octanol–water partition coefficient (Wildman–Crippen LogP) is 2.33. The Morgan fingerprint density at radius 2 is 2.33 bits per heavy atom. The molecule has 2 atom stereocenters. The quantitative estimate of drug-likeness (QED) is 0.894. The largest absolute Gasteiger partial charge is 0.348 e. The molecule has 18 heavy (non-hydrogen) atoms.